The summed E-state index contributed by atoms with van der Waals surface area (Å²) >= 11 is 0. The fourth-order valence-corrected chi connectivity index (χ4v) is 2.28. The lowest BCUT2D eigenvalue weighted by molar-refractivity contribution is -0.144. The Morgan fingerprint density at radius 1 is 1.33 bits per heavy atom. The number of nitrogens with zero attached hydrogens (tertiary/aromatic N) is 1. The number of hydrogen-bond acceptors (Lipinski definition) is 4. The maximum Gasteiger partial charge on any atom is 0.309 e. The highest BCUT2D eigenvalue weighted by Crippen LogP contribution is 2.09. The van der Waals surface area contributed by atoms with Crippen molar-refractivity contribution < 1.29 is 17.9 Å². The van der Waals surface area contributed by atoms with Gasteiger partial charge in [-0.25, -0.2) is 12.7 Å². The Labute approximate surface area is 91.5 Å². The van der Waals surface area contributed by atoms with Crippen LogP contribution in [0.3, 0.4) is 0 Å². The van der Waals surface area contributed by atoms with Gasteiger partial charge in [0.1, 0.15) is 0 Å². The molecule has 1 unspecified atom stereocenters. The maximum atomic E-state index is 11.7. The minimum atomic E-state index is -3.29. The lowest BCUT2D eigenvalue weighted by Gasteiger charge is -2.21. The van der Waals surface area contributed by atoms with E-state index in [1.165, 1.54) is 18.5 Å². The van der Waals surface area contributed by atoms with Crippen molar-refractivity contribution in [1.82, 2.24) is 4.31 Å². The molecule has 0 aliphatic carbocycles. The number of sulfonamides is 1. The minimum absolute atomic E-state index is 0.146. The van der Waals surface area contributed by atoms with Gasteiger partial charge in [-0.2, -0.15) is 0 Å². The fourth-order valence-electron chi connectivity index (χ4n) is 1.13. The molecule has 0 bridgehead atoms. The van der Waals surface area contributed by atoms with E-state index in [0.29, 0.717) is 0 Å². The van der Waals surface area contributed by atoms with Crippen molar-refractivity contribution in [2.75, 3.05) is 20.7 Å². The molecule has 0 aromatic carbocycles. The Bertz CT molecular complexity index is 310. The van der Waals surface area contributed by atoms with Crippen molar-refractivity contribution in [2.24, 2.45) is 5.92 Å². The van der Waals surface area contributed by atoms with Gasteiger partial charge in [-0.15, -0.1) is 0 Å². The zero-order chi connectivity index (χ0) is 12.2. The summed E-state index contributed by atoms with van der Waals surface area (Å²) in [5, 5.41) is -0.479. The van der Waals surface area contributed by atoms with Crippen molar-refractivity contribution >= 4 is 16.0 Å². The molecule has 0 aromatic heterocycles. The van der Waals surface area contributed by atoms with Crippen LogP contribution in [0, 0.1) is 5.92 Å². The van der Waals surface area contributed by atoms with Crippen molar-refractivity contribution in [3.63, 3.8) is 0 Å². The van der Waals surface area contributed by atoms with Crippen LogP contribution in [-0.2, 0) is 19.6 Å². The Kier molecular flexibility index (Phi) is 5.23. The monoisotopic (exact) mass is 237 g/mol. The first-order chi connectivity index (χ1) is 6.73. The normalized spacial score (nSPS) is 14.3. The van der Waals surface area contributed by atoms with Crippen LogP contribution in [0.1, 0.15) is 20.8 Å². The third kappa shape index (κ3) is 3.79. The first-order valence-corrected chi connectivity index (χ1v) is 6.26. The molecule has 0 heterocycles. The lowest BCUT2D eigenvalue weighted by atomic mass is 10.2. The van der Waals surface area contributed by atoms with Crippen molar-refractivity contribution in [2.45, 2.75) is 26.0 Å². The second-order valence-corrected chi connectivity index (χ2v) is 6.39. The van der Waals surface area contributed by atoms with Crippen LogP contribution in [0.5, 0.6) is 0 Å². The molecule has 0 aliphatic rings. The molecule has 5 nitrogen and oxygen atoms in total. The van der Waals surface area contributed by atoms with Crippen LogP contribution in [0.2, 0.25) is 0 Å². The summed E-state index contributed by atoms with van der Waals surface area (Å²) in [6.45, 7) is 4.99. The summed E-state index contributed by atoms with van der Waals surface area (Å²) in [7, 11) is -0.534. The van der Waals surface area contributed by atoms with Crippen LogP contribution in [0.15, 0.2) is 0 Å². The number of rotatable bonds is 5. The van der Waals surface area contributed by atoms with Crippen LogP contribution in [0.25, 0.3) is 0 Å². The SMILES string of the molecule is COC(=O)C(C)CN(C)S(=O)(=O)C(C)C. The van der Waals surface area contributed by atoms with Gasteiger partial charge in [-0.1, -0.05) is 6.92 Å². The van der Waals surface area contributed by atoms with Gasteiger partial charge in [0.15, 0.2) is 0 Å². The van der Waals surface area contributed by atoms with E-state index in [-0.39, 0.29) is 6.54 Å². The average molecular weight is 237 g/mol. The number of carbonyl (C=O) groups is 1. The smallest absolute Gasteiger partial charge is 0.309 e. The summed E-state index contributed by atoms with van der Waals surface area (Å²) in [6, 6.07) is 0. The number of hydrogen-bond donors (Lipinski definition) is 0. The van der Waals surface area contributed by atoms with E-state index >= 15 is 0 Å². The van der Waals surface area contributed by atoms with Gasteiger partial charge in [0, 0.05) is 13.6 Å². The third-order valence-corrected chi connectivity index (χ3v) is 4.37. The van der Waals surface area contributed by atoms with Crippen molar-refractivity contribution in [3.05, 3.63) is 0 Å². The van der Waals surface area contributed by atoms with Crippen LogP contribution in [-0.4, -0.2) is 44.6 Å². The van der Waals surface area contributed by atoms with E-state index in [9.17, 15) is 13.2 Å². The molecule has 0 radical (unpaired) electrons. The quantitative estimate of drug-likeness (QED) is 0.652. The molecular formula is C9H19NO4S. The van der Waals surface area contributed by atoms with E-state index in [4.69, 9.17) is 0 Å². The summed E-state index contributed by atoms with van der Waals surface area (Å²) < 4.78 is 29.0. The summed E-state index contributed by atoms with van der Waals surface area (Å²) in [5.41, 5.74) is 0. The van der Waals surface area contributed by atoms with Crippen molar-refractivity contribution in [1.29, 1.82) is 0 Å². The summed E-state index contributed by atoms with van der Waals surface area (Å²) in [4.78, 5) is 11.1. The standard InChI is InChI=1S/C9H19NO4S/c1-7(2)15(12,13)10(4)6-8(3)9(11)14-5/h7-8H,6H2,1-5H3. The second kappa shape index (κ2) is 5.46. The van der Waals surface area contributed by atoms with Gasteiger partial charge in [-0.05, 0) is 13.8 Å². The van der Waals surface area contributed by atoms with E-state index in [0.717, 1.165) is 0 Å². The van der Waals surface area contributed by atoms with Gasteiger partial charge < -0.3 is 4.74 Å². The molecule has 0 rings (SSSR count). The molecule has 90 valence electrons. The van der Waals surface area contributed by atoms with E-state index in [1.807, 2.05) is 0 Å². The van der Waals surface area contributed by atoms with Gasteiger partial charge in [-0.3, -0.25) is 4.79 Å². The predicted octanol–water partition coefficient (Wildman–Crippen LogP) is 0.465. The van der Waals surface area contributed by atoms with Crippen LogP contribution < -0.4 is 0 Å². The Balaban J connectivity index is 4.51. The fraction of sp³-hybridized carbons (Fsp3) is 0.889. The molecule has 0 saturated heterocycles. The van der Waals surface area contributed by atoms with E-state index in [2.05, 4.69) is 4.74 Å². The van der Waals surface area contributed by atoms with Gasteiger partial charge in [0.05, 0.1) is 18.3 Å². The predicted molar refractivity (Wildman–Crippen MR) is 57.9 cm³/mol. The summed E-state index contributed by atoms with van der Waals surface area (Å²) in [6.07, 6.45) is 0. The molecule has 0 spiro atoms. The lowest BCUT2D eigenvalue weighted by Crippen LogP contribution is -2.38. The zero-order valence-corrected chi connectivity index (χ0v) is 10.7. The van der Waals surface area contributed by atoms with Crippen LogP contribution in [0.4, 0.5) is 0 Å². The molecule has 6 heteroatoms. The highest BCUT2D eigenvalue weighted by molar-refractivity contribution is 7.89. The maximum absolute atomic E-state index is 11.7. The molecule has 15 heavy (non-hydrogen) atoms. The molecule has 0 aromatic rings. The molecule has 0 aliphatic heterocycles. The summed E-state index contributed by atoms with van der Waals surface area (Å²) in [5.74, 6) is -0.852. The molecular weight excluding hydrogens is 218 g/mol. The molecule has 0 saturated carbocycles. The van der Waals surface area contributed by atoms with Gasteiger partial charge in [0.2, 0.25) is 10.0 Å². The topological polar surface area (TPSA) is 63.7 Å². The minimum Gasteiger partial charge on any atom is -0.469 e. The highest BCUT2D eigenvalue weighted by atomic mass is 32.2. The molecule has 0 N–H and O–H groups in total. The number of carbonyl (C=O) groups excluding carboxylic acids is 1. The number of ether oxygens (including phenoxy) is 1. The molecule has 0 amide bonds. The highest BCUT2D eigenvalue weighted by Gasteiger charge is 2.25. The van der Waals surface area contributed by atoms with Gasteiger partial charge >= 0.3 is 5.97 Å². The van der Waals surface area contributed by atoms with Gasteiger partial charge in [0.25, 0.3) is 0 Å². The first-order valence-electron chi connectivity index (χ1n) is 4.76. The zero-order valence-electron chi connectivity index (χ0n) is 9.85. The second-order valence-electron chi connectivity index (χ2n) is 3.80. The number of esters is 1. The Hall–Kier alpha value is -0.620. The van der Waals surface area contributed by atoms with Crippen LogP contribution >= 0.6 is 0 Å². The number of methoxy groups -OCH3 is 1. The third-order valence-electron chi connectivity index (χ3n) is 2.16. The average Bonchev–Trinajstić information content (AvgIpc) is 2.15. The molecule has 1 atom stereocenters. The Morgan fingerprint density at radius 3 is 2.13 bits per heavy atom. The largest absolute Gasteiger partial charge is 0.469 e. The van der Waals surface area contributed by atoms with E-state index < -0.39 is 27.2 Å². The first kappa shape index (κ1) is 14.4. The van der Waals surface area contributed by atoms with E-state index in [1.54, 1.807) is 20.8 Å². The van der Waals surface area contributed by atoms with Crippen molar-refractivity contribution in [3.8, 4) is 0 Å². The Morgan fingerprint density at radius 2 is 1.80 bits per heavy atom. The molecule has 0 fully saturated rings.